The molecule has 2 aromatic carbocycles. The highest BCUT2D eigenvalue weighted by Gasteiger charge is 2.28. The fourth-order valence-electron chi connectivity index (χ4n) is 2.86. The van der Waals surface area contributed by atoms with Gasteiger partial charge in [-0.15, -0.1) is 0 Å². The van der Waals surface area contributed by atoms with Crippen molar-refractivity contribution in [3.8, 4) is 5.75 Å². The van der Waals surface area contributed by atoms with Crippen LogP contribution in [0.15, 0.2) is 47.4 Å². The number of morpholine rings is 1. The van der Waals surface area contributed by atoms with E-state index in [1.807, 2.05) is 0 Å². The molecule has 2 N–H and O–H groups in total. The van der Waals surface area contributed by atoms with Crippen molar-refractivity contribution in [1.82, 2.24) is 4.31 Å². The molecular weight excluding hydrogens is 418 g/mol. The Morgan fingerprint density at radius 1 is 1.21 bits per heavy atom. The van der Waals surface area contributed by atoms with E-state index in [-0.39, 0.29) is 35.5 Å². The molecule has 1 amide bonds. The van der Waals surface area contributed by atoms with Crippen LogP contribution in [0.4, 0.5) is 11.4 Å². The molecule has 156 valence electrons. The molecule has 0 spiro atoms. The van der Waals surface area contributed by atoms with E-state index in [0.717, 1.165) is 0 Å². The van der Waals surface area contributed by atoms with Crippen LogP contribution in [0.3, 0.4) is 0 Å². The van der Waals surface area contributed by atoms with E-state index in [9.17, 15) is 13.2 Å². The number of hydrogen-bond acceptors (Lipinski definition) is 6. The molecule has 8 nitrogen and oxygen atoms in total. The molecule has 0 atom stereocenters. The number of methoxy groups -OCH3 is 1. The topological polar surface area (TPSA) is 97.0 Å². The van der Waals surface area contributed by atoms with Crippen molar-refractivity contribution in [1.29, 1.82) is 0 Å². The lowest BCUT2D eigenvalue weighted by Crippen LogP contribution is -2.40. The lowest BCUT2D eigenvalue weighted by Gasteiger charge is -2.26. The second-order valence-corrected chi connectivity index (χ2v) is 8.58. The number of nitrogens with one attached hydrogen (secondary N) is 2. The maximum atomic E-state index is 12.9. The lowest BCUT2D eigenvalue weighted by molar-refractivity contribution is -0.114. The van der Waals surface area contributed by atoms with Crippen molar-refractivity contribution in [2.45, 2.75) is 4.90 Å². The molecule has 1 saturated heterocycles. The Kier molecular flexibility index (Phi) is 6.96. The van der Waals surface area contributed by atoms with Gasteiger partial charge in [0.1, 0.15) is 10.6 Å². The van der Waals surface area contributed by atoms with Crippen molar-refractivity contribution < 1.29 is 22.7 Å². The number of nitrogens with zero attached hydrogens (tertiary/aromatic N) is 1. The molecule has 1 aliphatic heterocycles. The molecule has 2 aromatic rings. The number of benzene rings is 2. The van der Waals surface area contributed by atoms with Crippen LogP contribution in [0.25, 0.3) is 0 Å². The fraction of sp³-hybridized carbons (Fsp3) is 0.316. The van der Waals surface area contributed by atoms with Crippen LogP contribution in [0, 0.1) is 0 Å². The van der Waals surface area contributed by atoms with Gasteiger partial charge < -0.3 is 20.1 Å². The number of ether oxygens (including phenoxy) is 2. The molecule has 1 heterocycles. The molecule has 1 fully saturated rings. The number of para-hydroxylation sites is 2. The summed E-state index contributed by atoms with van der Waals surface area (Å²) in [6, 6.07) is 11.6. The Labute approximate surface area is 174 Å². The molecular formula is C19H22ClN3O5S. The van der Waals surface area contributed by atoms with Gasteiger partial charge in [-0.25, -0.2) is 8.42 Å². The summed E-state index contributed by atoms with van der Waals surface area (Å²) in [7, 11) is -2.23. The first kappa shape index (κ1) is 21.4. The molecule has 0 aromatic heterocycles. The van der Waals surface area contributed by atoms with Crippen molar-refractivity contribution in [2.75, 3.05) is 50.6 Å². The minimum atomic E-state index is -3.75. The minimum Gasteiger partial charge on any atom is -0.495 e. The third kappa shape index (κ3) is 5.18. The number of halogens is 1. The largest absolute Gasteiger partial charge is 0.495 e. The Morgan fingerprint density at radius 3 is 2.66 bits per heavy atom. The normalized spacial score (nSPS) is 15.0. The summed E-state index contributed by atoms with van der Waals surface area (Å²) in [5.41, 5.74) is 1.02. The van der Waals surface area contributed by atoms with Crippen LogP contribution in [-0.4, -0.2) is 58.6 Å². The standard InChI is InChI=1S/C19H22ClN3O5S/c1-27-17-5-3-2-4-16(17)22-19(24)13-21-14-6-7-15(20)18(12-14)29(25,26)23-8-10-28-11-9-23/h2-7,12,21H,8-11,13H2,1H3,(H,22,24). The Balaban J connectivity index is 1.69. The van der Waals surface area contributed by atoms with Gasteiger partial charge in [0.15, 0.2) is 0 Å². The number of amides is 1. The first-order valence-corrected chi connectivity index (χ1v) is 10.8. The van der Waals surface area contributed by atoms with Gasteiger partial charge in [0.05, 0.1) is 37.6 Å². The molecule has 0 saturated carbocycles. The van der Waals surface area contributed by atoms with E-state index in [2.05, 4.69) is 10.6 Å². The van der Waals surface area contributed by atoms with Gasteiger partial charge in [0, 0.05) is 18.8 Å². The summed E-state index contributed by atoms with van der Waals surface area (Å²) in [4.78, 5) is 12.3. The summed E-state index contributed by atoms with van der Waals surface area (Å²) in [5.74, 6) is 0.244. The van der Waals surface area contributed by atoms with Gasteiger partial charge in [-0.3, -0.25) is 4.79 Å². The van der Waals surface area contributed by atoms with Gasteiger partial charge in [-0.2, -0.15) is 4.31 Å². The van der Waals surface area contributed by atoms with Gasteiger partial charge in [-0.05, 0) is 30.3 Å². The highest BCUT2D eigenvalue weighted by Crippen LogP contribution is 2.28. The zero-order valence-electron chi connectivity index (χ0n) is 15.9. The van der Waals surface area contributed by atoms with E-state index >= 15 is 0 Å². The first-order valence-electron chi connectivity index (χ1n) is 8.96. The number of carbonyl (C=O) groups is 1. The fourth-order valence-corrected chi connectivity index (χ4v) is 4.77. The smallest absolute Gasteiger partial charge is 0.244 e. The maximum Gasteiger partial charge on any atom is 0.244 e. The maximum absolute atomic E-state index is 12.9. The molecule has 29 heavy (non-hydrogen) atoms. The Hall–Kier alpha value is -2.33. The van der Waals surface area contributed by atoms with Crippen molar-refractivity contribution in [3.05, 3.63) is 47.5 Å². The van der Waals surface area contributed by atoms with Crippen LogP contribution >= 0.6 is 11.6 Å². The summed E-state index contributed by atoms with van der Waals surface area (Å²) in [6.45, 7) is 1.18. The third-order valence-corrected chi connectivity index (χ3v) is 6.73. The number of anilines is 2. The van der Waals surface area contributed by atoms with E-state index in [4.69, 9.17) is 21.1 Å². The zero-order chi connectivity index (χ0) is 20.9. The second kappa shape index (κ2) is 9.45. The van der Waals surface area contributed by atoms with Gasteiger partial charge in [0.2, 0.25) is 15.9 Å². The third-order valence-electron chi connectivity index (χ3n) is 4.35. The van der Waals surface area contributed by atoms with Crippen molar-refractivity contribution in [2.24, 2.45) is 0 Å². The Bertz CT molecular complexity index is 978. The van der Waals surface area contributed by atoms with Gasteiger partial charge >= 0.3 is 0 Å². The van der Waals surface area contributed by atoms with Gasteiger partial charge in [0.25, 0.3) is 0 Å². The van der Waals surface area contributed by atoms with Crippen LogP contribution in [0.2, 0.25) is 5.02 Å². The predicted molar refractivity (Wildman–Crippen MR) is 111 cm³/mol. The molecule has 0 aliphatic carbocycles. The molecule has 0 radical (unpaired) electrons. The van der Waals surface area contributed by atoms with E-state index in [1.165, 1.54) is 23.5 Å². The van der Waals surface area contributed by atoms with Crippen LogP contribution in [0.1, 0.15) is 0 Å². The quantitative estimate of drug-likeness (QED) is 0.687. The SMILES string of the molecule is COc1ccccc1NC(=O)CNc1ccc(Cl)c(S(=O)(=O)N2CCOCC2)c1. The van der Waals surface area contributed by atoms with Crippen molar-refractivity contribution in [3.63, 3.8) is 0 Å². The second-order valence-electron chi connectivity index (χ2n) is 6.26. The number of rotatable bonds is 7. The highest BCUT2D eigenvalue weighted by molar-refractivity contribution is 7.89. The number of hydrogen-bond donors (Lipinski definition) is 2. The minimum absolute atomic E-state index is 0.00352. The zero-order valence-corrected chi connectivity index (χ0v) is 17.4. The Morgan fingerprint density at radius 2 is 1.93 bits per heavy atom. The number of sulfonamides is 1. The molecule has 0 unspecified atom stereocenters. The predicted octanol–water partition coefficient (Wildman–Crippen LogP) is 2.42. The molecule has 3 rings (SSSR count). The average molecular weight is 440 g/mol. The summed E-state index contributed by atoms with van der Waals surface area (Å²) < 4.78 is 37.5. The van der Waals surface area contributed by atoms with Gasteiger partial charge in [-0.1, -0.05) is 23.7 Å². The van der Waals surface area contributed by atoms with Crippen LogP contribution in [-0.2, 0) is 19.6 Å². The summed E-state index contributed by atoms with van der Waals surface area (Å²) in [5, 5.41) is 5.80. The molecule has 10 heteroatoms. The number of carbonyl (C=O) groups excluding carboxylic acids is 1. The highest BCUT2D eigenvalue weighted by atomic mass is 35.5. The lowest BCUT2D eigenvalue weighted by atomic mass is 10.3. The first-order chi connectivity index (χ1) is 13.9. The van der Waals surface area contributed by atoms with Crippen LogP contribution in [0.5, 0.6) is 5.75 Å². The van der Waals surface area contributed by atoms with Crippen LogP contribution < -0.4 is 15.4 Å². The molecule has 1 aliphatic rings. The monoisotopic (exact) mass is 439 g/mol. The van der Waals surface area contributed by atoms with Crippen molar-refractivity contribution >= 4 is 38.9 Å². The average Bonchev–Trinajstić information content (AvgIpc) is 2.74. The van der Waals surface area contributed by atoms with E-state index < -0.39 is 10.0 Å². The van der Waals surface area contributed by atoms with E-state index in [1.54, 1.807) is 30.3 Å². The summed E-state index contributed by atoms with van der Waals surface area (Å²) >= 11 is 6.15. The molecule has 0 bridgehead atoms. The van der Waals surface area contributed by atoms with E-state index in [0.29, 0.717) is 30.3 Å². The summed E-state index contributed by atoms with van der Waals surface area (Å²) in [6.07, 6.45) is 0.